The molecular formula is C13H10N2OSSe. The van der Waals surface area contributed by atoms with Crippen molar-refractivity contribution in [1.82, 2.24) is 8.55 Å². The second kappa shape index (κ2) is 4.69. The zero-order valence-corrected chi connectivity index (χ0v) is 12.2. The standard InChI is InChI=1S/C13H10N2OSSe/c1-16-10-6-4-5-9-12(10)18-15(13(9)17)11-7-2-3-8-14-11/h2-8H,1H3. The molecule has 0 unspecified atom stereocenters. The summed E-state index contributed by atoms with van der Waals surface area (Å²) in [5, 5.41) is 1.09. The first-order chi connectivity index (χ1) is 8.81. The van der Waals surface area contributed by atoms with E-state index in [-0.39, 0.29) is 14.7 Å². The van der Waals surface area contributed by atoms with Crippen LogP contribution in [0.4, 0.5) is 0 Å². The van der Waals surface area contributed by atoms with Crippen molar-refractivity contribution in [3.8, 4) is 11.6 Å². The molecule has 0 aliphatic carbocycles. The van der Waals surface area contributed by atoms with Crippen LogP contribution in [0.3, 0.4) is 0 Å². The molecule has 0 bridgehead atoms. The van der Waals surface area contributed by atoms with Crippen molar-refractivity contribution in [3.05, 3.63) is 47.2 Å². The summed E-state index contributed by atoms with van der Waals surface area (Å²) in [5.74, 6) is 1.81. The van der Waals surface area contributed by atoms with Gasteiger partial charge in [0.15, 0.2) is 0 Å². The Hall–Kier alpha value is -1.42. The van der Waals surface area contributed by atoms with Crippen molar-refractivity contribution < 1.29 is 4.74 Å². The van der Waals surface area contributed by atoms with Gasteiger partial charge in [0.05, 0.1) is 0 Å². The molecule has 18 heavy (non-hydrogen) atoms. The molecule has 3 rings (SSSR count). The van der Waals surface area contributed by atoms with Gasteiger partial charge < -0.3 is 0 Å². The Morgan fingerprint density at radius 2 is 2.11 bits per heavy atom. The van der Waals surface area contributed by atoms with E-state index in [1.165, 1.54) is 4.26 Å². The number of aromatic nitrogens is 2. The monoisotopic (exact) mass is 322 g/mol. The summed E-state index contributed by atoms with van der Waals surface area (Å²) >= 11 is 5.62. The maximum atomic E-state index is 5.53. The van der Waals surface area contributed by atoms with Gasteiger partial charge in [-0.3, -0.25) is 0 Å². The third kappa shape index (κ3) is 1.81. The van der Waals surface area contributed by atoms with Gasteiger partial charge in [0.1, 0.15) is 0 Å². The van der Waals surface area contributed by atoms with Gasteiger partial charge in [-0.05, 0) is 0 Å². The predicted molar refractivity (Wildman–Crippen MR) is 75.4 cm³/mol. The van der Waals surface area contributed by atoms with E-state index in [0.717, 1.165) is 21.6 Å². The fourth-order valence-corrected chi connectivity index (χ4v) is 4.65. The molecule has 2 aromatic heterocycles. The molecule has 3 aromatic rings. The molecule has 5 heteroatoms. The maximum absolute atomic E-state index is 5.53. The summed E-state index contributed by atoms with van der Waals surface area (Å²) in [6.45, 7) is 0. The van der Waals surface area contributed by atoms with E-state index in [1.807, 2.05) is 36.4 Å². The van der Waals surface area contributed by atoms with Gasteiger partial charge >= 0.3 is 116 Å². The van der Waals surface area contributed by atoms with Crippen LogP contribution in [-0.4, -0.2) is 30.4 Å². The fourth-order valence-electron chi connectivity index (χ4n) is 1.81. The molecule has 0 radical (unpaired) electrons. The Kier molecular flexibility index (Phi) is 3.04. The van der Waals surface area contributed by atoms with Crippen LogP contribution in [0.25, 0.3) is 15.5 Å². The van der Waals surface area contributed by atoms with Gasteiger partial charge in [0.2, 0.25) is 0 Å². The van der Waals surface area contributed by atoms with E-state index < -0.39 is 0 Å². The number of hydrogen-bond donors (Lipinski definition) is 0. The van der Waals surface area contributed by atoms with Gasteiger partial charge in [-0.25, -0.2) is 0 Å². The van der Waals surface area contributed by atoms with Crippen LogP contribution in [0.1, 0.15) is 0 Å². The quantitative estimate of drug-likeness (QED) is 0.536. The summed E-state index contributed by atoms with van der Waals surface area (Å²) in [6, 6.07) is 11.9. The number of rotatable bonds is 2. The number of ether oxygens (including phenoxy) is 1. The molecule has 0 spiro atoms. The van der Waals surface area contributed by atoms with Crippen LogP contribution in [0, 0.1) is 4.64 Å². The zero-order chi connectivity index (χ0) is 12.5. The first-order valence-corrected chi connectivity index (χ1v) is 7.45. The van der Waals surface area contributed by atoms with Crippen LogP contribution in [-0.2, 0) is 0 Å². The summed E-state index contributed by atoms with van der Waals surface area (Å²) in [7, 11) is 1.69. The first-order valence-electron chi connectivity index (χ1n) is 5.41. The van der Waals surface area contributed by atoms with Crippen molar-refractivity contribution in [1.29, 1.82) is 0 Å². The van der Waals surface area contributed by atoms with Crippen LogP contribution in [0.2, 0.25) is 0 Å². The van der Waals surface area contributed by atoms with Gasteiger partial charge in [0, 0.05) is 0 Å². The van der Waals surface area contributed by atoms with E-state index in [1.54, 1.807) is 13.3 Å². The Labute approximate surface area is 116 Å². The van der Waals surface area contributed by atoms with E-state index in [0.29, 0.717) is 0 Å². The van der Waals surface area contributed by atoms with Crippen molar-refractivity contribution >= 4 is 36.6 Å². The summed E-state index contributed by atoms with van der Waals surface area (Å²) in [4.78, 5) is 4.36. The number of fused-ring (bicyclic) bond motifs is 1. The Bertz CT molecular complexity index is 749. The SMILES string of the molecule is COc1cccc2c(=S)n(-c3ccccn3)[se]c12. The Morgan fingerprint density at radius 1 is 1.22 bits per heavy atom. The zero-order valence-electron chi connectivity index (χ0n) is 9.66. The number of methoxy groups -OCH3 is 1. The van der Waals surface area contributed by atoms with Crippen molar-refractivity contribution in [2.45, 2.75) is 0 Å². The first kappa shape index (κ1) is 11.7. The summed E-state index contributed by atoms with van der Waals surface area (Å²) in [5.41, 5.74) is 0. The van der Waals surface area contributed by atoms with E-state index >= 15 is 0 Å². The molecule has 2 heterocycles. The van der Waals surface area contributed by atoms with Crippen LogP contribution in [0.15, 0.2) is 42.6 Å². The van der Waals surface area contributed by atoms with Crippen LogP contribution < -0.4 is 4.74 Å². The average Bonchev–Trinajstić information content (AvgIpc) is 2.77. The van der Waals surface area contributed by atoms with Crippen LogP contribution in [0.5, 0.6) is 5.75 Å². The van der Waals surface area contributed by atoms with Crippen molar-refractivity contribution in [2.75, 3.05) is 7.11 Å². The number of nitrogens with zero attached hydrogens (tertiary/aromatic N) is 2. The number of hydrogen-bond acceptors (Lipinski definition) is 3. The van der Waals surface area contributed by atoms with Gasteiger partial charge in [-0.2, -0.15) is 0 Å². The molecule has 3 nitrogen and oxygen atoms in total. The topological polar surface area (TPSA) is 27.1 Å². The molecule has 90 valence electrons. The van der Waals surface area contributed by atoms with Crippen molar-refractivity contribution in [2.24, 2.45) is 0 Å². The molecule has 0 aliphatic heterocycles. The Morgan fingerprint density at radius 3 is 2.83 bits per heavy atom. The molecule has 0 amide bonds. The van der Waals surface area contributed by atoms with Gasteiger partial charge in [-0.15, -0.1) is 0 Å². The second-order valence-electron chi connectivity index (χ2n) is 3.72. The predicted octanol–water partition coefficient (Wildman–Crippen LogP) is 2.82. The second-order valence-corrected chi connectivity index (χ2v) is 6.11. The average molecular weight is 321 g/mol. The fraction of sp³-hybridized carbons (Fsp3) is 0.0769. The molecule has 0 fully saturated rings. The molecule has 0 atom stereocenters. The van der Waals surface area contributed by atoms with E-state index in [4.69, 9.17) is 17.0 Å². The molecule has 0 saturated carbocycles. The molecule has 1 aromatic carbocycles. The number of benzene rings is 1. The number of pyridine rings is 1. The third-order valence-corrected chi connectivity index (χ3v) is 5.74. The molecule has 0 aliphatic rings. The third-order valence-electron chi connectivity index (χ3n) is 2.65. The molecular weight excluding hydrogens is 311 g/mol. The van der Waals surface area contributed by atoms with E-state index in [9.17, 15) is 0 Å². The normalized spacial score (nSPS) is 10.7. The summed E-state index contributed by atoms with van der Waals surface area (Å²) in [6.07, 6.45) is 1.79. The summed E-state index contributed by atoms with van der Waals surface area (Å²) < 4.78 is 9.52. The van der Waals surface area contributed by atoms with Gasteiger partial charge in [-0.1, -0.05) is 0 Å². The van der Waals surface area contributed by atoms with E-state index in [2.05, 4.69) is 8.55 Å². The minimum atomic E-state index is 0.0906. The Balaban J connectivity index is 2.33. The molecule has 0 saturated heterocycles. The minimum absolute atomic E-state index is 0.0906. The molecule has 0 N–H and O–H groups in total. The van der Waals surface area contributed by atoms with Crippen molar-refractivity contribution in [3.63, 3.8) is 0 Å². The van der Waals surface area contributed by atoms with Gasteiger partial charge in [0.25, 0.3) is 0 Å². The van der Waals surface area contributed by atoms with Crippen LogP contribution >= 0.6 is 12.2 Å².